The van der Waals surface area contributed by atoms with E-state index in [1.807, 2.05) is 20.8 Å². The molecule has 1 aliphatic heterocycles. The quantitative estimate of drug-likeness (QED) is 0.848. The van der Waals surface area contributed by atoms with Crippen LogP contribution in [-0.4, -0.2) is 40.8 Å². The lowest BCUT2D eigenvalue weighted by Gasteiger charge is -2.22. The van der Waals surface area contributed by atoms with E-state index >= 15 is 0 Å². The van der Waals surface area contributed by atoms with Gasteiger partial charge in [-0.05, 0) is 27.2 Å². The summed E-state index contributed by atoms with van der Waals surface area (Å²) in [6.07, 6.45) is 1.90. The third-order valence-electron chi connectivity index (χ3n) is 2.85. The van der Waals surface area contributed by atoms with Gasteiger partial charge in [0.2, 0.25) is 0 Å². The van der Waals surface area contributed by atoms with Crippen molar-refractivity contribution in [2.45, 2.75) is 38.8 Å². The molecule has 0 bridgehead atoms. The number of nitrogens with one attached hydrogen (secondary N) is 1. The largest absolute Gasteiger partial charge is 0.444 e. The topological polar surface area (TPSA) is 67.3 Å². The summed E-state index contributed by atoms with van der Waals surface area (Å²) in [5.41, 5.74) is -0.484. The number of nitrogens with zero attached hydrogens (tertiary/aromatic N) is 3. The van der Waals surface area contributed by atoms with E-state index in [-0.39, 0.29) is 12.1 Å². The molecule has 0 saturated carbocycles. The third kappa shape index (κ3) is 4.23. The number of carbonyl (C=O) groups excluding carboxylic acids is 1. The molecular formula is C13H19ClN4O2. The van der Waals surface area contributed by atoms with E-state index in [2.05, 4.69) is 20.2 Å². The van der Waals surface area contributed by atoms with Crippen molar-refractivity contribution in [1.29, 1.82) is 0 Å². The zero-order chi connectivity index (χ0) is 14.8. The van der Waals surface area contributed by atoms with Gasteiger partial charge in [-0.3, -0.25) is 0 Å². The minimum Gasteiger partial charge on any atom is -0.444 e. The van der Waals surface area contributed by atoms with E-state index in [1.54, 1.807) is 6.07 Å². The van der Waals surface area contributed by atoms with Crippen LogP contribution in [0.15, 0.2) is 12.4 Å². The van der Waals surface area contributed by atoms with Crippen LogP contribution in [0.3, 0.4) is 0 Å². The van der Waals surface area contributed by atoms with Crippen molar-refractivity contribution in [1.82, 2.24) is 15.3 Å². The van der Waals surface area contributed by atoms with Crippen LogP contribution in [0.25, 0.3) is 0 Å². The summed E-state index contributed by atoms with van der Waals surface area (Å²) in [6.45, 7) is 7.03. The Morgan fingerprint density at radius 3 is 2.90 bits per heavy atom. The first-order valence-electron chi connectivity index (χ1n) is 6.55. The molecule has 1 amide bonds. The van der Waals surface area contributed by atoms with Gasteiger partial charge >= 0.3 is 6.09 Å². The van der Waals surface area contributed by atoms with E-state index < -0.39 is 5.60 Å². The summed E-state index contributed by atoms with van der Waals surface area (Å²) >= 11 is 5.85. The summed E-state index contributed by atoms with van der Waals surface area (Å²) in [7, 11) is 0. The van der Waals surface area contributed by atoms with Crippen LogP contribution in [0.5, 0.6) is 0 Å². The first-order valence-corrected chi connectivity index (χ1v) is 6.93. The van der Waals surface area contributed by atoms with Crippen molar-refractivity contribution >= 4 is 23.5 Å². The van der Waals surface area contributed by atoms with Crippen molar-refractivity contribution in [2.75, 3.05) is 18.0 Å². The minimum absolute atomic E-state index is 0.0543. The number of aromatic nitrogens is 2. The number of halogens is 1. The maximum Gasteiger partial charge on any atom is 0.407 e. The molecule has 1 unspecified atom stereocenters. The van der Waals surface area contributed by atoms with Gasteiger partial charge in [-0.2, -0.15) is 0 Å². The van der Waals surface area contributed by atoms with Gasteiger partial charge in [-0.15, -0.1) is 0 Å². The van der Waals surface area contributed by atoms with Gasteiger partial charge in [0.25, 0.3) is 0 Å². The lowest BCUT2D eigenvalue weighted by Crippen LogP contribution is -2.40. The number of amides is 1. The maximum atomic E-state index is 11.7. The van der Waals surface area contributed by atoms with Crippen LogP contribution < -0.4 is 10.2 Å². The molecule has 0 aliphatic carbocycles. The van der Waals surface area contributed by atoms with Gasteiger partial charge in [-0.1, -0.05) is 11.6 Å². The third-order valence-corrected chi connectivity index (χ3v) is 3.06. The second-order valence-corrected chi connectivity index (χ2v) is 6.16. The number of ether oxygens (including phenoxy) is 1. The smallest absolute Gasteiger partial charge is 0.407 e. The summed E-state index contributed by atoms with van der Waals surface area (Å²) in [5, 5.41) is 3.29. The van der Waals surface area contributed by atoms with Crippen molar-refractivity contribution in [2.24, 2.45) is 0 Å². The van der Waals surface area contributed by atoms with Crippen molar-refractivity contribution in [3.8, 4) is 0 Å². The summed E-state index contributed by atoms with van der Waals surface area (Å²) in [5.74, 6) is 0.776. The fourth-order valence-corrected chi connectivity index (χ4v) is 2.20. The Morgan fingerprint density at radius 2 is 2.25 bits per heavy atom. The number of alkyl carbamates (subject to hydrolysis) is 1. The van der Waals surface area contributed by atoms with Gasteiger partial charge in [0.1, 0.15) is 22.9 Å². The molecule has 1 fully saturated rings. The Hall–Kier alpha value is -1.56. The number of hydrogen-bond donors (Lipinski definition) is 1. The zero-order valence-electron chi connectivity index (χ0n) is 11.9. The number of hydrogen-bond acceptors (Lipinski definition) is 5. The van der Waals surface area contributed by atoms with E-state index in [4.69, 9.17) is 16.3 Å². The molecule has 110 valence electrons. The van der Waals surface area contributed by atoms with Crippen LogP contribution in [-0.2, 0) is 4.74 Å². The van der Waals surface area contributed by atoms with Crippen molar-refractivity contribution < 1.29 is 9.53 Å². The van der Waals surface area contributed by atoms with E-state index in [0.717, 1.165) is 18.8 Å². The molecular weight excluding hydrogens is 280 g/mol. The monoisotopic (exact) mass is 298 g/mol. The molecule has 1 aromatic heterocycles. The fraction of sp³-hybridized carbons (Fsp3) is 0.615. The van der Waals surface area contributed by atoms with Crippen molar-refractivity contribution in [3.63, 3.8) is 0 Å². The molecule has 2 rings (SSSR count). The molecule has 1 aromatic rings. The molecule has 20 heavy (non-hydrogen) atoms. The average molecular weight is 299 g/mol. The molecule has 1 aliphatic rings. The first kappa shape index (κ1) is 14.8. The maximum absolute atomic E-state index is 11.7. The van der Waals surface area contributed by atoms with Crippen LogP contribution in [0, 0.1) is 0 Å². The second-order valence-electron chi connectivity index (χ2n) is 5.78. The lowest BCUT2D eigenvalue weighted by molar-refractivity contribution is 0.0509. The molecule has 1 N–H and O–H groups in total. The van der Waals surface area contributed by atoms with E-state index in [9.17, 15) is 4.79 Å². The van der Waals surface area contributed by atoms with E-state index in [0.29, 0.717) is 11.7 Å². The predicted octanol–water partition coefficient (Wildman–Crippen LogP) is 2.23. The van der Waals surface area contributed by atoms with Gasteiger partial charge < -0.3 is 15.0 Å². The minimum atomic E-state index is -0.484. The second kappa shape index (κ2) is 5.83. The highest BCUT2D eigenvalue weighted by Crippen LogP contribution is 2.20. The highest BCUT2D eigenvalue weighted by atomic mass is 35.5. The molecule has 2 heterocycles. The van der Waals surface area contributed by atoms with Crippen LogP contribution in [0.4, 0.5) is 10.6 Å². The molecule has 0 aromatic carbocycles. The molecule has 1 atom stereocenters. The Labute approximate surface area is 123 Å². The summed E-state index contributed by atoms with van der Waals surface area (Å²) < 4.78 is 5.24. The SMILES string of the molecule is CC(C)(C)OC(=O)NC1CCN(c2cc(Cl)ncn2)C1. The molecule has 0 radical (unpaired) electrons. The predicted molar refractivity (Wildman–Crippen MR) is 77.0 cm³/mol. The Morgan fingerprint density at radius 1 is 1.50 bits per heavy atom. The fourth-order valence-electron chi connectivity index (χ4n) is 2.06. The standard InChI is InChI=1S/C13H19ClN4O2/c1-13(2,3)20-12(19)17-9-4-5-18(7-9)11-6-10(14)15-8-16-11/h6,8-9H,4-5,7H2,1-3H3,(H,17,19). The first-order chi connectivity index (χ1) is 9.33. The highest BCUT2D eigenvalue weighted by molar-refractivity contribution is 6.29. The average Bonchev–Trinajstić information content (AvgIpc) is 2.74. The van der Waals surface area contributed by atoms with Gasteiger partial charge in [0.05, 0.1) is 6.04 Å². The Balaban J connectivity index is 1.88. The number of anilines is 1. The van der Waals surface area contributed by atoms with Crippen molar-refractivity contribution in [3.05, 3.63) is 17.5 Å². The van der Waals surface area contributed by atoms with Gasteiger partial charge in [-0.25, -0.2) is 14.8 Å². The summed E-state index contributed by atoms with van der Waals surface area (Å²) in [6, 6.07) is 1.77. The molecule has 6 nitrogen and oxygen atoms in total. The van der Waals surface area contributed by atoms with Gasteiger partial charge in [0, 0.05) is 19.2 Å². The normalized spacial score (nSPS) is 19.0. The zero-order valence-corrected chi connectivity index (χ0v) is 12.6. The molecule has 7 heteroatoms. The molecule has 0 spiro atoms. The molecule has 1 saturated heterocycles. The van der Waals surface area contributed by atoms with E-state index in [1.165, 1.54) is 6.33 Å². The van der Waals surface area contributed by atoms with Gasteiger partial charge in [0.15, 0.2) is 0 Å². The summed E-state index contributed by atoms with van der Waals surface area (Å²) in [4.78, 5) is 21.8. The Kier molecular flexibility index (Phi) is 4.32. The van der Waals surface area contributed by atoms with Crippen LogP contribution in [0.1, 0.15) is 27.2 Å². The lowest BCUT2D eigenvalue weighted by atomic mass is 10.2. The van der Waals surface area contributed by atoms with Crippen LogP contribution in [0.2, 0.25) is 5.15 Å². The highest BCUT2D eigenvalue weighted by Gasteiger charge is 2.26. The Bertz CT molecular complexity index is 490. The number of carbonyl (C=O) groups is 1. The number of rotatable bonds is 2. The van der Waals surface area contributed by atoms with Crippen LogP contribution >= 0.6 is 11.6 Å².